The minimum atomic E-state index is -1.24. The molecule has 1 N–H and O–H groups in total. The molecular weight excluding hydrogens is 246 g/mol. The average molecular weight is 261 g/mol. The molecule has 19 heavy (non-hydrogen) atoms. The van der Waals surface area contributed by atoms with Crippen LogP contribution in [0.2, 0.25) is 0 Å². The van der Waals surface area contributed by atoms with Crippen molar-refractivity contribution in [2.24, 2.45) is 0 Å². The molecule has 0 unspecified atom stereocenters. The van der Waals surface area contributed by atoms with Crippen LogP contribution in [0.25, 0.3) is 5.57 Å². The van der Waals surface area contributed by atoms with Crippen LogP contribution >= 0.6 is 0 Å². The number of carboxylic acids is 1. The lowest BCUT2D eigenvalue weighted by molar-refractivity contribution is -0.132. The van der Waals surface area contributed by atoms with Crippen molar-refractivity contribution in [3.05, 3.63) is 29.3 Å². The SMILES string of the molecule is CCC(=C(C#N)C(=O)O)c1ccc(OC)cc1OC. The molecule has 0 radical (unpaired) electrons. The smallest absolute Gasteiger partial charge is 0.346 e. The third kappa shape index (κ3) is 3.05. The molecule has 0 amide bonds. The van der Waals surface area contributed by atoms with Gasteiger partial charge in [0.15, 0.2) is 0 Å². The zero-order chi connectivity index (χ0) is 14.4. The number of carbonyl (C=O) groups is 1. The molecule has 5 nitrogen and oxygen atoms in total. The van der Waals surface area contributed by atoms with E-state index in [9.17, 15) is 4.79 Å². The summed E-state index contributed by atoms with van der Waals surface area (Å²) < 4.78 is 10.3. The van der Waals surface area contributed by atoms with Crippen molar-refractivity contribution in [1.29, 1.82) is 5.26 Å². The Morgan fingerprint density at radius 1 is 1.37 bits per heavy atom. The Kier molecular flexibility index (Phi) is 4.95. The van der Waals surface area contributed by atoms with Crippen LogP contribution in [0, 0.1) is 11.3 Å². The van der Waals surface area contributed by atoms with Crippen molar-refractivity contribution in [3.8, 4) is 17.6 Å². The van der Waals surface area contributed by atoms with Crippen molar-refractivity contribution in [3.63, 3.8) is 0 Å². The van der Waals surface area contributed by atoms with Crippen LogP contribution in [0.1, 0.15) is 18.9 Å². The molecule has 5 heteroatoms. The minimum absolute atomic E-state index is 0.272. The molecule has 0 bridgehead atoms. The Balaban J connectivity index is 3.50. The van der Waals surface area contributed by atoms with Crippen molar-refractivity contribution >= 4 is 11.5 Å². The minimum Gasteiger partial charge on any atom is -0.497 e. The van der Waals surface area contributed by atoms with E-state index < -0.39 is 5.97 Å². The van der Waals surface area contributed by atoms with Gasteiger partial charge >= 0.3 is 5.97 Å². The first-order chi connectivity index (χ1) is 9.08. The number of ether oxygens (including phenoxy) is 2. The van der Waals surface area contributed by atoms with Gasteiger partial charge in [-0.3, -0.25) is 0 Å². The van der Waals surface area contributed by atoms with E-state index in [1.165, 1.54) is 14.2 Å². The van der Waals surface area contributed by atoms with E-state index in [2.05, 4.69) is 0 Å². The normalized spacial score (nSPS) is 11.3. The largest absolute Gasteiger partial charge is 0.497 e. The molecular formula is C14H15NO4. The van der Waals surface area contributed by atoms with Crippen molar-refractivity contribution < 1.29 is 19.4 Å². The molecule has 0 aliphatic heterocycles. The molecule has 0 saturated carbocycles. The summed E-state index contributed by atoms with van der Waals surface area (Å²) in [6.45, 7) is 1.79. The van der Waals surface area contributed by atoms with Gasteiger partial charge in [-0.15, -0.1) is 0 Å². The topological polar surface area (TPSA) is 79.6 Å². The Bertz CT molecular complexity index is 555. The predicted octanol–water partition coefficient (Wildman–Crippen LogP) is 2.48. The number of nitrogens with zero attached hydrogens (tertiary/aromatic N) is 1. The van der Waals surface area contributed by atoms with E-state index in [1.807, 2.05) is 0 Å². The third-order valence-corrected chi connectivity index (χ3v) is 2.71. The summed E-state index contributed by atoms with van der Waals surface area (Å²) in [6.07, 6.45) is 0.415. The number of hydrogen-bond acceptors (Lipinski definition) is 4. The number of carboxylic acid groups (broad SMARTS) is 1. The number of aliphatic carboxylic acids is 1. The van der Waals surface area contributed by atoms with E-state index in [0.29, 0.717) is 29.1 Å². The van der Waals surface area contributed by atoms with Gasteiger partial charge in [-0.2, -0.15) is 5.26 Å². The molecule has 1 aromatic rings. The number of benzene rings is 1. The zero-order valence-electron chi connectivity index (χ0n) is 11.1. The van der Waals surface area contributed by atoms with Crippen LogP contribution in [0.4, 0.5) is 0 Å². The second kappa shape index (κ2) is 6.45. The molecule has 0 spiro atoms. The lowest BCUT2D eigenvalue weighted by atomic mass is 9.97. The van der Waals surface area contributed by atoms with Crippen LogP contribution < -0.4 is 9.47 Å². The summed E-state index contributed by atoms with van der Waals surface area (Å²) in [7, 11) is 3.02. The summed E-state index contributed by atoms with van der Waals surface area (Å²) >= 11 is 0. The van der Waals surface area contributed by atoms with Gasteiger partial charge in [-0.1, -0.05) is 6.92 Å². The van der Waals surface area contributed by atoms with Gasteiger partial charge in [0, 0.05) is 11.6 Å². The van der Waals surface area contributed by atoms with Crippen molar-refractivity contribution in [1.82, 2.24) is 0 Å². The molecule has 1 rings (SSSR count). The lowest BCUT2D eigenvalue weighted by Gasteiger charge is -2.13. The molecule has 1 aromatic carbocycles. The van der Waals surface area contributed by atoms with Crippen molar-refractivity contribution in [2.75, 3.05) is 14.2 Å². The highest BCUT2D eigenvalue weighted by atomic mass is 16.5. The molecule has 0 aliphatic rings. The summed E-state index contributed by atoms with van der Waals surface area (Å²) in [5.74, 6) is -0.160. The van der Waals surface area contributed by atoms with Gasteiger partial charge in [0.05, 0.1) is 14.2 Å². The van der Waals surface area contributed by atoms with E-state index >= 15 is 0 Å². The number of rotatable bonds is 5. The molecule has 0 aliphatic carbocycles. The fraction of sp³-hybridized carbons (Fsp3) is 0.286. The second-order valence-corrected chi connectivity index (χ2v) is 3.69. The average Bonchev–Trinajstić information content (AvgIpc) is 2.43. The molecule has 0 aromatic heterocycles. The first-order valence-corrected chi connectivity index (χ1v) is 5.67. The fourth-order valence-corrected chi connectivity index (χ4v) is 1.79. The van der Waals surface area contributed by atoms with Gasteiger partial charge in [0.2, 0.25) is 0 Å². The number of allylic oxidation sites excluding steroid dienone is 1. The number of nitriles is 1. The number of hydrogen-bond donors (Lipinski definition) is 1. The van der Waals surface area contributed by atoms with Crippen LogP contribution in [-0.2, 0) is 4.79 Å². The molecule has 0 heterocycles. The highest BCUT2D eigenvalue weighted by Gasteiger charge is 2.17. The van der Waals surface area contributed by atoms with Crippen LogP contribution in [0.5, 0.6) is 11.5 Å². The van der Waals surface area contributed by atoms with E-state index in [1.54, 1.807) is 31.2 Å². The predicted molar refractivity (Wildman–Crippen MR) is 70.0 cm³/mol. The highest BCUT2D eigenvalue weighted by molar-refractivity contribution is 6.01. The first kappa shape index (κ1) is 14.6. The Morgan fingerprint density at radius 3 is 2.47 bits per heavy atom. The molecule has 0 atom stereocenters. The second-order valence-electron chi connectivity index (χ2n) is 3.69. The third-order valence-electron chi connectivity index (χ3n) is 2.71. The maximum Gasteiger partial charge on any atom is 0.346 e. The summed E-state index contributed by atoms with van der Waals surface area (Å²) in [4.78, 5) is 11.1. The summed E-state index contributed by atoms with van der Waals surface area (Å²) in [5.41, 5.74) is 0.755. The van der Waals surface area contributed by atoms with Crippen LogP contribution in [0.15, 0.2) is 23.8 Å². The summed E-state index contributed by atoms with van der Waals surface area (Å²) in [6, 6.07) is 6.77. The maximum atomic E-state index is 11.1. The Labute approximate surface area is 111 Å². The molecule has 0 saturated heterocycles. The summed E-state index contributed by atoms with van der Waals surface area (Å²) in [5, 5.41) is 18.0. The number of methoxy groups -OCH3 is 2. The van der Waals surface area contributed by atoms with Gasteiger partial charge in [0.1, 0.15) is 23.1 Å². The first-order valence-electron chi connectivity index (χ1n) is 5.67. The Morgan fingerprint density at radius 2 is 2.05 bits per heavy atom. The highest BCUT2D eigenvalue weighted by Crippen LogP contribution is 2.33. The van der Waals surface area contributed by atoms with Gasteiger partial charge in [-0.25, -0.2) is 4.79 Å². The van der Waals surface area contributed by atoms with Gasteiger partial charge < -0.3 is 14.6 Å². The standard InChI is InChI=1S/C14H15NO4/c1-4-10(12(8-15)14(16)17)11-6-5-9(18-2)7-13(11)19-3/h5-7H,4H2,1-3H3,(H,16,17). The lowest BCUT2D eigenvalue weighted by Crippen LogP contribution is -2.03. The quantitative estimate of drug-likeness (QED) is 0.650. The monoisotopic (exact) mass is 261 g/mol. The van der Waals surface area contributed by atoms with E-state index in [-0.39, 0.29) is 5.57 Å². The van der Waals surface area contributed by atoms with E-state index in [4.69, 9.17) is 19.8 Å². The molecule has 100 valence electrons. The van der Waals surface area contributed by atoms with Crippen LogP contribution in [0.3, 0.4) is 0 Å². The zero-order valence-corrected chi connectivity index (χ0v) is 11.1. The van der Waals surface area contributed by atoms with E-state index in [0.717, 1.165) is 0 Å². The fourth-order valence-electron chi connectivity index (χ4n) is 1.79. The maximum absolute atomic E-state index is 11.1. The Hall–Kier alpha value is -2.48. The van der Waals surface area contributed by atoms with Crippen LogP contribution in [-0.4, -0.2) is 25.3 Å². The van der Waals surface area contributed by atoms with Gasteiger partial charge in [0.25, 0.3) is 0 Å². The molecule has 0 fully saturated rings. The van der Waals surface area contributed by atoms with Crippen molar-refractivity contribution in [2.45, 2.75) is 13.3 Å². The van der Waals surface area contributed by atoms with Gasteiger partial charge in [-0.05, 0) is 24.1 Å².